The minimum atomic E-state index is -1.53. The largest absolute Gasteiger partial charge is 0.398 e. The van der Waals surface area contributed by atoms with E-state index in [4.69, 9.17) is 17.3 Å². The molecule has 1 saturated heterocycles. The number of anilines is 1. The lowest BCUT2D eigenvalue weighted by Gasteiger charge is -2.20. The lowest BCUT2D eigenvalue weighted by Crippen LogP contribution is -2.38. The van der Waals surface area contributed by atoms with E-state index in [0.717, 1.165) is 25.9 Å². The van der Waals surface area contributed by atoms with Crippen molar-refractivity contribution in [3.63, 3.8) is 0 Å². The van der Waals surface area contributed by atoms with E-state index >= 15 is 0 Å². The molecule has 1 fully saturated rings. The number of hydrogen-bond donors (Lipinski definition) is 1. The zero-order chi connectivity index (χ0) is 14.0. The maximum atomic E-state index is 12.5. The number of amides is 1. The van der Waals surface area contributed by atoms with Crippen LogP contribution < -0.4 is 5.73 Å². The van der Waals surface area contributed by atoms with Gasteiger partial charge in [0.25, 0.3) is 0 Å². The summed E-state index contributed by atoms with van der Waals surface area (Å²) in [5, 5.41) is -0.278. The van der Waals surface area contributed by atoms with Crippen molar-refractivity contribution in [1.29, 1.82) is 0 Å². The average Bonchev–Trinajstić information content (AvgIpc) is 2.90. The predicted molar refractivity (Wildman–Crippen MR) is 77.5 cm³/mol. The Morgan fingerprint density at radius 3 is 2.63 bits per heavy atom. The molecule has 1 amide bonds. The van der Waals surface area contributed by atoms with Gasteiger partial charge in [0.15, 0.2) is 0 Å². The van der Waals surface area contributed by atoms with Crippen LogP contribution in [0.4, 0.5) is 5.69 Å². The Hall–Kier alpha value is -1.07. The first-order chi connectivity index (χ1) is 9.02. The van der Waals surface area contributed by atoms with Gasteiger partial charge in [-0.2, -0.15) is 0 Å². The summed E-state index contributed by atoms with van der Waals surface area (Å²) in [6, 6.07) is 4.98. The van der Waals surface area contributed by atoms with Gasteiger partial charge in [0, 0.05) is 18.8 Å². The average molecular weight is 301 g/mol. The molecule has 1 aliphatic rings. The predicted octanol–water partition coefficient (Wildman–Crippen LogP) is 2.04. The third-order valence-electron chi connectivity index (χ3n) is 3.29. The van der Waals surface area contributed by atoms with Gasteiger partial charge in [-0.3, -0.25) is 9.00 Å². The Labute approximate surface area is 120 Å². The van der Waals surface area contributed by atoms with E-state index < -0.39 is 16.0 Å². The van der Waals surface area contributed by atoms with Gasteiger partial charge in [0.1, 0.15) is 5.25 Å². The van der Waals surface area contributed by atoms with Crippen LogP contribution in [0.5, 0.6) is 0 Å². The molecule has 104 valence electrons. The fraction of sp³-hybridized carbons (Fsp3) is 0.462. The lowest BCUT2D eigenvalue weighted by molar-refractivity contribution is -0.129. The highest BCUT2D eigenvalue weighted by Crippen LogP contribution is 2.28. The third-order valence-corrected chi connectivity index (χ3v) is 5.41. The Morgan fingerprint density at radius 2 is 2.05 bits per heavy atom. The van der Waals surface area contributed by atoms with Gasteiger partial charge in [-0.1, -0.05) is 17.7 Å². The van der Waals surface area contributed by atoms with E-state index in [9.17, 15) is 9.00 Å². The van der Waals surface area contributed by atoms with Crippen molar-refractivity contribution in [2.45, 2.75) is 29.9 Å². The first kappa shape index (κ1) is 14.3. The molecule has 2 atom stereocenters. The Morgan fingerprint density at radius 1 is 1.42 bits per heavy atom. The van der Waals surface area contributed by atoms with Crippen LogP contribution in [-0.4, -0.2) is 33.4 Å². The molecule has 1 aliphatic heterocycles. The standard InChI is InChI=1S/C13H17ClN2O2S/c1-9(13(17)16-7-2-3-8-16)19(18)12-10(14)5-4-6-11(12)15/h4-6,9H,2-3,7-8,15H2,1H3. The second kappa shape index (κ2) is 5.92. The summed E-state index contributed by atoms with van der Waals surface area (Å²) in [5.41, 5.74) is 6.18. The molecule has 6 heteroatoms. The fourth-order valence-corrected chi connectivity index (χ4v) is 3.86. The summed E-state index contributed by atoms with van der Waals surface area (Å²) in [4.78, 5) is 14.4. The van der Waals surface area contributed by atoms with Gasteiger partial charge in [0.2, 0.25) is 5.91 Å². The molecule has 0 aliphatic carbocycles. The summed E-state index contributed by atoms with van der Waals surface area (Å²) in [6.07, 6.45) is 2.03. The van der Waals surface area contributed by atoms with E-state index in [1.807, 2.05) is 0 Å². The normalized spacial score (nSPS) is 18.3. The topological polar surface area (TPSA) is 63.4 Å². The molecular formula is C13H17ClN2O2S. The first-order valence-electron chi connectivity index (χ1n) is 6.25. The third kappa shape index (κ3) is 2.92. The molecule has 2 unspecified atom stereocenters. The highest BCUT2D eigenvalue weighted by atomic mass is 35.5. The minimum Gasteiger partial charge on any atom is -0.398 e. The van der Waals surface area contributed by atoms with Crippen molar-refractivity contribution >= 4 is 34.0 Å². The second-order valence-corrected chi connectivity index (χ2v) is 6.75. The van der Waals surface area contributed by atoms with E-state index in [-0.39, 0.29) is 5.91 Å². The molecule has 19 heavy (non-hydrogen) atoms. The number of hydrogen-bond acceptors (Lipinski definition) is 3. The summed E-state index contributed by atoms with van der Waals surface area (Å²) < 4.78 is 12.5. The number of nitrogen functional groups attached to an aromatic ring is 1. The molecule has 0 spiro atoms. The molecule has 0 aromatic heterocycles. The van der Waals surface area contributed by atoms with Crippen molar-refractivity contribution in [1.82, 2.24) is 4.90 Å². The van der Waals surface area contributed by atoms with Gasteiger partial charge in [0.05, 0.1) is 20.7 Å². The number of carbonyl (C=O) groups excluding carboxylic acids is 1. The fourth-order valence-electron chi connectivity index (χ4n) is 2.20. The van der Waals surface area contributed by atoms with E-state index in [1.165, 1.54) is 0 Å². The highest BCUT2D eigenvalue weighted by molar-refractivity contribution is 7.86. The second-order valence-electron chi connectivity index (χ2n) is 4.63. The Balaban J connectivity index is 2.21. The Kier molecular flexibility index (Phi) is 4.47. The molecule has 0 bridgehead atoms. The lowest BCUT2D eigenvalue weighted by atomic mass is 10.3. The zero-order valence-electron chi connectivity index (χ0n) is 10.8. The Bertz CT molecular complexity index is 495. The number of carbonyl (C=O) groups is 1. The summed E-state index contributed by atoms with van der Waals surface area (Å²) in [7, 11) is -1.53. The molecule has 1 heterocycles. The molecule has 0 radical (unpaired) electrons. The smallest absolute Gasteiger partial charge is 0.238 e. The van der Waals surface area contributed by atoms with Crippen molar-refractivity contribution < 1.29 is 9.00 Å². The van der Waals surface area contributed by atoms with Crippen LogP contribution in [0.2, 0.25) is 5.02 Å². The van der Waals surface area contributed by atoms with Crippen LogP contribution in [0.3, 0.4) is 0 Å². The molecule has 2 rings (SSSR count). The van der Waals surface area contributed by atoms with Crippen molar-refractivity contribution in [2.24, 2.45) is 0 Å². The molecule has 1 aromatic rings. The van der Waals surface area contributed by atoms with Crippen LogP contribution in [0.15, 0.2) is 23.1 Å². The molecule has 2 N–H and O–H groups in total. The van der Waals surface area contributed by atoms with Gasteiger partial charge in [-0.15, -0.1) is 0 Å². The van der Waals surface area contributed by atoms with Crippen molar-refractivity contribution in [2.75, 3.05) is 18.8 Å². The SMILES string of the molecule is CC(C(=O)N1CCCC1)S(=O)c1c(N)cccc1Cl. The maximum absolute atomic E-state index is 12.5. The van der Waals surface area contributed by atoms with Crippen molar-refractivity contribution in [3.05, 3.63) is 23.2 Å². The number of likely N-dealkylation sites (tertiary alicyclic amines) is 1. The number of rotatable bonds is 3. The van der Waals surface area contributed by atoms with Gasteiger partial charge in [-0.05, 0) is 31.9 Å². The van der Waals surface area contributed by atoms with Crippen LogP contribution in [0.1, 0.15) is 19.8 Å². The van der Waals surface area contributed by atoms with Gasteiger partial charge < -0.3 is 10.6 Å². The van der Waals surface area contributed by atoms with Gasteiger partial charge in [-0.25, -0.2) is 0 Å². The quantitative estimate of drug-likeness (QED) is 0.869. The van der Waals surface area contributed by atoms with Crippen molar-refractivity contribution in [3.8, 4) is 0 Å². The monoisotopic (exact) mass is 300 g/mol. The van der Waals surface area contributed by atoms with Crippen LogP contribution in [0, 0.1) is 0 Å². The number of nitrogens with two attached hydrogens (primary N) is 1. The maximum Gasteiger partial charge on any atom is 0.238 e. The van der Waals surface area contributed by atoms with E-state index in [2.05, 4.69) is 0 Å². The van der Waals surface area contributed by atoms with Crippen LogP contribution in [0.25, 0.3) is 0 Å². The first-order valence-corrected chi connectivity index (χ1v) is 7.85. The number of benzene rings is 1. The molecular weight excluding hydrogens is 284 g/mol. The highest BCUT2D eigenvalue weighted by Gasteiger charge is 2.29. The molecule has 4 nitrogen and oxygen atoms in total. The molecule has 1 aromatic carbocycles. The zero-order valence-corrected chi connectivity index (χ0v) is 12.3. The van der Waals surface area contributed by atoms with Crippen LogP contribution >= 0.6 is 11.6 Å². The number of nitrogens with zero attached hydrogens (tertiary/aromatic N) is 1. The molecule has 0 saturated carbocycles. The summed E-state index contributed by atoms with van der Waals surface area (Å²) in [6.45, 7) is 3.16. The number of halogens is 1. The summed E-state index contributed by atoms with van der Waals surface area (Å²) in [5.74, 6) is -0.0878. The van der Waals surface area contributed by atoms with E-state index in [0.29, 0.717) is 15.6 Å². The van der Waals surface area contributed by atoms with Gasteiger partial charge >= 0.3 is 0 Å². The van der Waals surface area contributed by atoms with Crippen LogP contribution in [-0.2, 0) is 15.6 Å². The van der Waals surface area contributed by atoms with E-state index in [1.54, 1.807) is 30.0 Å². The summed E-state index contributed by atoms with van der Waals surface area (Å²) >= 11 is 6.03. The minimum absolute atomic E-state index is 0.0878.